The number of aryl methyl sites for hydroxylation is 1. The standard InChI is InChI=1S/C16H24ClNO/c1-12-4-3-7-16(9-12,11-19)18-10-14-5-6-15(17)8-13(14)2/h5-6,8,12,18-19H,3-4,7,9-11H2,1-2H3. The van der Waals surface area contributed by atoms with E-state index in [9.17, 15) is 5.11 Å². The molecule has 1 aromatic carbocycles. The highest BCUT2D eigenvalue weighted by Crippen LogP contribution is 2.32. The van der Waals surface area contributed by atoms with Crippen molar-refractivity contribution in [3.63, 3.8) is 0 Å². The van der Waals surface area contributed by atoms with Crippen molar-refractivity contribution in [2.75, 3.05) is 6.61 Å². The maximum absolute atomic E-state index is 9.77. The molecule has 0 amide bonds. The summed E-state index contributed by atoms with van der Waals surface area (Å²) in [5.41, 5.74) is 2.37. The maximum Gasteiger partial charge on any atom is 0.0613 e. The highest BCUT2D eigenvalue weighted by Gasteiger charge is 2.33. The second kappa shape index (κ2) is 6.25. The number of aliphatic hydroxyl groups excluding tert-OH is 1. The van der Waals surface area contributed by atoms with Crippen LogP contribution >= 0.6 is 11.6 Å². The minimum Gasteiger partial charge on any atom is -0.394 e. The molecule has 2 unspecified atom stereocenters. The van der Waals surface area contributed by atoms with Crippen molar-refractivity contribution in [1.29, 1.82) is 0 Å². The van der Waals surface area contributed by atoms with Crippen LogP contribution in [0.2, 0.25) is 5.02 Å². The lowest BCUT2D eigenvalue weighted by molar-refractivity contribution is 0.0982. The van der Waals surface area contributed by atoms with Crippen molar-refractivity contribution in [3.8, 4) is 0 Å². The molecule has 0 spiro atoms. The molecule has 3 heteroatoms. The fourth-order valence-electron chi connectivity index (χ4n) is 3.16. The van der Waals surface area contributed by atoms with E-state index < -0.39 is 0 Å². The summed E-state index contributed by atoms with van der Waals surface area (Å²) in [5, 5.41) is 14.1. The van der Waals surface area contributed by atoms with Gasteiger partial charge in [0.1, 0.15) is 0 Å². The van der Waals surface area contributed by atoms with Gasteiger partial charge in [-0.15, -0.1) is 0 Å². The molecule has 2 N–H and O–H groups in total. The van der Waals surface area contributed by atoms with E-state index >= 15 is 0 Å². The van der Waals surface area contributed by atoms with Gasteiger partial charge in [-0.2, -0.15) is 0 Å². The van der Waals surface area contributed by atoms with E-state index in [0.717, 1.165) is 24.4 Å². The van der Waals surface area contributed by atoms with Crippen LogP contribution in [-0.2, 0) is 6.54 Å². The van der Waals surface area contributed by atoms with Crippen LogP contribution in [0.1, 0.15) is 43.7 Å². The Labute approximate surface area is 121 Å². The maximum atomic E-state index is 9.77. The van der Waals surface area contributed by atoms with Crippen LogP contribution in [0.3, 0.4) is 0 Å². The molecular weight excluding hydrogens is 258 g/mol. The molecule has 1 aliphatic carbocycles. The molecule has 0 saturated heterocycles. The molecule has 19 heavy (non-hydrogen) atoms. The van der Waals surface area contributed by atoms with E-state index in [1.807, 2.05) is 12.1 Å². The Morgan fingerprint density at radius 2 is 2.26 bits per heavy atom. The molecule has 2 atom stereocenters. The number of halogens is 1. The molecule has 106 valence electrons. The van der Waals surface area contributed by atoms with Gasteiger partial charge in [0.2, 0.25) is 0 Å². The normalized spacial score (nSPS) is 27.5. The van der Waals surface area contributed by atoms with Gasteiger partial charge in [-0.25, -0.2) is 0 Å². The monoisotopic (exact) mass is 281 g/mol. The van der Waals surface area contributed by atoms with E-state index in [4.69, 9.17) is 11.6 Å². The van der Waals surface area contributed by atoms with Gasteiger partial charge in [0.15, 0.2) is 0 Å². The van der Waals surface area contributed by atoms with E-state index in [0.29, 0.717) is 5.92 Å². The van der Waals surface area contributed by atoms with Crippen molar-refractivity contribution < 1.29 is 5.11 Å². The first-order valence-corrected chi connectivity index (χ1v) is 7.53. The van der Waals surface area contributed by atoms with E-state index in [2.05, 4.69) is 25.2 Å². The summed E-state index contributed by atoms with van der Waals surface area (Å²) >= 11 is 5.98. The number of aliphatic hydroxyl groups is 1. The fraction of sp³-hybridized carbons (Fsp3) is 0.625. The minimum atomic E-state index is -0.0935. The average Bonchev–Trinajstić information content (AvgIpc) is 2.38. The van der Waals surface area contributed by atoms with Gasteiger partial charge in [0, 0.05) is 17.1 Å². The van der Waals surface area contributed by atoms with Crippen LogP contribution in [0, 0.1) is 12.8 Å². The molecule has 1 aromatic rings. The van der Waals surface area contributed by atoms with Crippen LogP contribution in [0.15, 0.2) is 18.2 Å². The van der Waals surface area contributed by atoms with Crippen molar-refractivity contribution in [2.45, 2.75) is 51.6 Å². The molecule has 1 aliphatic rings. The molecule has 2 rings (SSSR count). The zero-order valence-corrected chi connectivity index (χ0v) is 12.6. The molecule has 2 nitrogen and oxygen atoms in total. The third-order valence-electron chi connectivity index (χ3n) is 4.35. The van der Waals surface area contributed by atoms with Gasteiger partial charge in [-0.1, -0.05) is 37.4 Å². The Hall–Kier alpha value is -0.570. The van der Waals surface area contributed by atoms with Crippen LogP contribution in [0.4, 0.5) is 0 Å². The van der Waals surface area contributed by atoms with Crippen LogP contribution < -0.4 is 5.32 Å². The molecule has 1 saturated carbocycles. The predicted molar refractivity (Wildman–Crippen MR) is 80.5 cm³/mol. The number of rotatable bonds is 4. The lowest BCUT2D eigenvalue weighted by Gasteiger charge is -2.39. The van der Waals surface area contributed by atoms with Crippen LogP contribution in [0.5, 0.6) is 0 Å². The Balaban J connectivity index is 2.03. The molecule has 0 aliphatic heterocycles. The lowest BCUT2D eigenvalue weighted by Crippen LogP contribution is -2.51. The molecule has 0 radical (unpaired) electrons. The highest BCUT2D eigenvalue weighted by atomic mass is 35.5. The Morgan fingerprint density at radius 1 is 1.47 bits per heavy atom. The van der Waals surface area contributed by atoms with Gasteiger partial charge in [-0.05, 0) is 48.9 Å². The van der Waals surface area contributed by atoms with E-state index in [1.165, 1.54) is 24.0 Å². The smallest absolute Gasteiger partial charge is 0.0613 e. The van der Waals surface area contributed by atoms with Crippen LogP contribution in [0.25, 0.3) is 0 Å². The first-order chi connectivity index (χ1) is 9.04. The number of nitrogens with one attached hydrogen (secondary N) is 1. The summed E-state index contributed by atoms with van der Waals surface area (Å²) in [7, 11) is 0. The van der Waals surface area contributed by atoms with Gasteiger partial charge >= 0.3 is 0 Å². The summed E-state index contributed by atoms with van der Waals surface area (Å²) in [6, 6.07) is 6.00. The summed E-state index contributed by atoms with van der Waals surface area (Å²) in [6.45, 7) is 5.39. The molecule has 0 heterocycles. The van der Waals surface area contributed by atoms with Gasteiger partial charge in [0.25, 0.3) is 0 Å². The summed E-state index contributed by atoms with van der Waals surface area (Å²) < 4.78 is 0. The number of benzene rings is 1. The zero-order valence-electron chi connectivity index (χ0n) is 11.9. The second-order valence-corrected chi connectivity index (χ2v) is 6.50. The first kappa shape index (κ1) is 14.8. The first-order valence-electron chi connectivity index (χ1n) is 7.15. The fourth-order valence-corrected chi connectivity index (χ4v) is 3.39. The second-order valence-electron chi connectivity index (χ2n) is 6.06. The average molecular weight is 282 g/mol. The molecule has 1 fully saturated rings. The minimum absolute atomic E-state index is 0.0935. The molecular formula is C16H24ClNO. The quantitative estimate of drug-likeness (QED) is 0.882. The van der Waals surface area contributed by atoms with Gasteiger partial charge in [0.05, 0.1) is 6.61 Å². The summed E-state index contributed by atoms with van der Waals surface area (Å²) in [5.74, 6) is 0.694. The van der Waals surface area contributed by atoms with Crippen molar-refractivity contribution in [2.24, 2.45) is 5.92 Å². The predicted octanol–water partition coefficient (Wildman–Crippen LogP) is 3.68. The summed E-state index contributed by atoms with van der Waals surface area (Å²) in [4.78, 5) is 0. The third kappa shape index (κ3) is 3.71. The number of hydrogen-bond donors (Lipinski definition) is 2. The highest BCUT2D eigenvalue weighted by molar-refractivity contribution is 6.30. The van der Waals surface area contributed by atoms with Crippen LogP contribution in [-0.4, -0.2) is 17.3 Å². The van der Waals surface area contributed by atoms with Crippen molar-refractivity contribution in [3.05, 3.63) is 34.3 Å². The SMILES string of the molecule is Cc1cc(Cl)ccc1CNC1(CO)CCCC(C)C1. The lowest BCUT2D eigenvalue weighted by atomic mass is 9.76. The Kier molecular flexibility index (Phi) is 4.88. The Bertz CT molecular complexity index is 435. The Morgan fingerprint density at radius 3 is 2.89 bits per heavy atom. The zero-order chi connectivity index (χ0) is 13.9. The van der Waals surface area contributed by atoms with Crippen molar-refractivity contribution in [1.82, 2.24) is 5.32 Å². The van der Waals surface area contributed by atoms with Gasteiger partial charge < -0.3 is 10.4 Å². The van der Waals surface area contributed by atoms with Crippen molar-refractivity contribution >= 4 is 11.6 Å². The van der Waals surface area contributed by atoms with E-state index in [1.54, 1.807) is 0 Å². The largest absolute Gasteiger partial charge is 0.394 e. The van der Waals surface area contributed by atoms with E-state index in [-0.39, 0.29) is 12.1 Å². The molecule has 0 aromatic heterocycles. The topological polar surface area (TPSA) is 32.3 Å². The number of hydrogen-bond acceptors (Lipinski definition) is 2. The summed E-state index contributed by atoms with van der Waals surface area (Å²) in [6.07, 6.45) is 4.62. The van der Waals surface area contributed by atoms with Gasteiger partial charge in [-0.3, -0.25) is 0 Å². The third-order valence-corrected chi connectivity index (χ3v) is 4.59. The molecule has 0 bridgehead atoms.